The minimum absolute atomic E-state index is 0.109. The number of hydrogen-bond acceptors (Lipinski definition) is 7. The number of carbonyl (C=O) groups excluding carboxylic acids is 3. The number of carbonyl (C=O) groups is 3. The molecule has 4 aromatic rings. The van der Waals surface area contributed by atoms with E-state index < -0.39 is 0 Å². The number of nitrogens with one attached hydrogen (secondary N) is 1. The summed E-state index contributed by atoms with van der Waals surface area (Å²) in [5.41, 5.74) is 3.33. The molecule has 1 atom stereocenters. The lowest BCUT2D eigenvalue weighted by atomic mass is 9.99. The minimum Gasteiger partial charge on any atom is -0.493 e. The molecule has 1 aliphatic heterocycles. The summed E-state index contributed by atoms with van der Waals surface area (Å²) in [7, 11) is 4.88. The summed E-state index contributed by atoms with van der Waals surface area (Å²) in [5, 5.41) is 7.96. The van der Waals surface area contributed by atoms with Gasteiger partial charge in [-0.2, -0.15) is 5.10 Å². The highest BCUT2D eigenvalue weighted by Gasteiger charge is 2.28. The van der Waals surface area contributed by atoms with E-state index in [0.717, 1.165) is 22.0 Å². The van der Waals surface area contributed by atoms with Crippen molar-refractivity contribution in [3.63, 3.8) is 0 Å². The fraction of sp³-hybridized carbons (Fsp3) is 0.267. The van der Waals surface area contributed by atoms with Crippen LogP contribution in [0.1, 0.15) is 27.1 Å². The highest BCUT2D eigenvalue weighted by Crippen LogP contribution is 2.38. The first-order valence-electron chi connectivity index (χ1n) is 12.9. The number of rotatable bonds is 9. The second-order valence-corrected chi connectivity index (χ2v) is 9.74. The van der Waals surface area contributed by atoms with E-state index in [1.807, 2.05) is 18.2 Å². The zero-order valence-electron chi connectivity index (χ0n) is 22.5. The fourth-order valence-electron chi connectivity index (χ4n) is 4.82. The Hall–Kier alpha value is -4.86. The first-order valence-corrected chi connectivity index (χ1v) is 12.9. The smallest absolute Gasteiger partial charge is 0.260 e. The molecule has 1 saturated heterocycles. The molecule has 40 heavy (non-hydrogen) atoms. The molecule has 1 aromatic heterocycles. The number of aromatic amines is 1. The molecule has 1 unspecified atom stereocenters. The van der Waals surface area contributed by atoms with Crippen LogP contribution in [0.3, 0.4) is 0 Å². The van der Waals surface area contributed by atoms with Crippen LogP contribution in [0.4, 0.5) is 0 Å². The van der Waals surface area contributed by atoms with Gasteiger partial charge in [0.25, 0.3) is 11.8 Å². The average molecular weight is 543 g/mol. The van der Waals surface area contributed by atoms with Crippen molar-refractivity contribution in [1.82, 2.24) is 20.0 Å². The summed E-state index contributed by atoms with van der Waals surface area (Å²) in [5.74, 6) is 0.803. The molecular weight excluding hydrogens is 512 g/mol. The Bertz CT molecular complexity index is 1560. The summed E-state index contributed by atoms with van der Waals surface area (Å²) >= 11 is 0. The van der Waals surface area contributed by atoms with Gasteiger partial charge in [0.05, 0.1) is 30.9 Å². The average Bonchev–Trinajstić information content (AvgIpc) is 3.65. The van der Waals surface area contributed by atoms with Crippen LogP contribution >= 0.6 is 0 Å². The van der Waals surface area contributed by atoms with Crippen LogP contribution in [-0.4, -0.2) is 85.1 Å². The Morgan fingerprint density at radius 2 is 1.98 bits per heavy atom. The Balaban J connectivity index is 1.25. The van der Waals surface area contributed by atoms with Crippen LogP contribution in [-0.2, 0) is 4.79 Å². The van der Waals surface area contributed by atoms with Gasteiger partial charge in [0.15, 0.2) is 24.4 Å². The molecule has 1 fully saturated rings. The fourth-order valence-corrected chi connectivity index (χ4v) is 4.82. The van der Waals surface area contributed by atoms with Crippen molar-refractivity contribution in [2.24, 2.45) is 0 Å². The normalized spacial score (nSPS) is 14.7. The topological polar surface area (TPSA) is 114 Å². The van der Waals surface area contributed by atoms with Gasteiger partial charge < -0.3 is 24.0 Å². The Labute approximate surface area is 231 Å². The van der Waals surface area contributed by atoms with Crippen LogP contribution in [0.5, 0.6) is 17.2 Å². The summed E-state index contributed by atoms with van der Waals surface area (Å²) in [4.78, 5) is 40.4. The number of nitrogens with zero attached hydrogens (tertiary/aromatic N) is 3. The number of H-pyrrole nitrogens is 1. The first kappa shape index (κ1) is 26.7. The number of aldehydes is 1. The monoisotopic (exact) mass is 542 g/mol. The van der Waals surface area contributed by atoms with Crippen molar-refractivity contribution < 1.29 is 28.6 Å². The summed E-state index contributed by atoms with van der Waals surface area (Å²) in [6.07, 6.45) is 2.86. The quantitative estimate of drug-likeness (QED) is 0.320. The number of ether oxygens (including phenoxy) is 3. The molecule has 0 bridgehead atoms. The lowest BCUT2D eigenvalue weighted by Crippen LogP contribution is -2.34. The number of methoxy groups -OCH3 is 1. The largest absolute Gasteiger partial charge is 0.493 e. The number of aromatic nitrogens is 2. The van der Waals surface area contributed by atoms with Crippen molar-refractivity contribution in [1.29, 1.82) is 0 Å². The van der Waals surface area contributed by atoms with E-state index in [9.17, 15) is 14.4 Å². The van der Waals surface area contributed by atoms with E-state index in [0.29, 0.717) is 42.9 Å². The molecular formula is C30H30N4O6. The maximum Gasteiger partial charge on any atom is 0.260 e. The highest BCUT2D eigenvalue weighted by molar-refractivity contribution is 5.96. The molecule has 1 N–H and O–H groups in total. The Morgan fingerprint density at radius 1 is 1.15 bits per heavy atom. The van der Waals surface area contributed by atoms with Crippen LogP contribution in [0.25, 0.3) is 22.0 Å². The lowest BCUT2D eigenvalue weighted by Gasteiger charge is -2.19. The van der Waals surface area contributed by atoms with Gasteiger partial charge in [-0.05, 0) is 47.5 Å². The molecule has 0 radical (unpaired) electrons. The van der Waals surface area contributed by atoms with Gasteiger partial charge in [-0.25, -0.2) is 0 Å². The van der Waals surface area contributed by atoms with E-state index in [-0.39, 0.29) is 35.8 Å². The zero-order valence-corrected chi connectivity index (χ0v) is 22.5. The molecule has 2 amide bonds. The van der Waals surface area contributed by atoms with Gasteiger partial charge in [0, 0.05) is 38.0 Å². The first-order chi connectivity index (χ1) is 19.4. The third-order valence-corrected chi connectivity index (χ3v) is 6.85. The van der Waals surface area contributed by atoms with E-state index in [1.165, 1.54) is 12.0 Å². The maximum atomic E-state index is 13.0. The zero-order chi connectivity index (χ0) is 28.2. The molecule has 5 rings (SSSR count). The molecule has 10 nitrogen and oxygen atoms in total. The third kappa shape index (κ3) is 5.47. The molecule has 0 spiro atoms. The minimum atomic E-state index is -0.257. The summed E-state index contributed by atoms with van der Waals surface area (Å²) in [6, 6.07) is 16.3. The molecule has 10 heteroatoms. The predicted molar refractivity (Wildman–Crippen MR) is 149 cm³/mol. The second-order valence-electron chi connectivity index (χ2n) is 9.74. The van der Waals surface area contributed by atoms with Gasteiger partial charge >= 0.3 is 0 Å². The number of benzene rings is 3. The molecule has 206 valence electrons. The second kappa shape index (κ2) is 11.5. The summed E-state index contributed by atoms with van der Waals surface area (Å²) in [6.45, 7) is 0.640. The van der Waals surface area contributed by atoms with Gasteiger partial charge in [-0.1, -0.05) is 18.2 Å². The van der Waals surface area contributed by atoms with E-state index >= 15 is 0 Å². The third-order valence-electron chi connectivity index (χ3n) is 6.85. The number of amides is 2. The lowest BCUT2D eigenvalue weighted by molar-refractivity contribution is -0.132. The van der Waals surface area contributed by atoms with Crippen molar-refractivity contribution >= 4 is 29.0 Å². The summed E-state index contributed by atoms with van der Waals surface area (Å²) < 4.78 is 17.5. The SMILES string of the molecule is COc1cc(-c2cccc3[nH]ncc23)cc(C=O)c1OCC(=O)N1CCC(Oc2cccc(C(=O)N(C)C)c2)C1. The van der Waals surface area contributed by atoms with Gasteiger partial charge in [0.1, 0.15) is 11.9 Å². The molecule has 2 heterocycles. The Kier molecular flexibility index (Phi) is 7.68. The Morgan fingerprint density at radius 3 is 2.75 bits per heavy atom. The van der Waals surface area contributed by atoms with Gasteiger partial charge in [-0.3, -0.25) is 19.5 Å². The van der Waals surface area contributed by atoms with Crippen LogP contribution in [0, 0.1) is 0 Å². The van der Waals surface area contributed by atoms with E-state index in [1.54, 1.807) is 61.6 Å². The van der Waals surface area contributed by atoms with E-state index in [4.69, 9.17) is 14.2 Å². The maximum absolute atomic E-state index is 13.0. The van der Waals surface area contributed by atoms with Crippen LogP contribution in [0.2, 0.25) is 0 Å². The van der Waals surface area contributed by atoms with Crippen molar-refractivity contribution in [3.8, 4) is 28.4 Å². The highest BCUT2D eigenvalue weighted by atomic mass is 16.5. The number of fused-ring (bicyclic) bond motifs is 1. The standard InChI is InChI=1S/C30H30N4O6/c1-33(2)30(37)19-6-4-7-22(13-19)40-23-10-11-34(16-23)28(36)18-39-29-21(17-35)12-20(14-27(29)38-3)24-8-5-9-26-25(24)15-31-32-26/h4-9,12-15,17,23H,10-11,16,18H2,1-3H3,(H,31,32). The van der Waals surface area contributed by atoms with E-state index in [2.05, 4.69) is 10.2 Å². The number of likely N-dealkylation sites (tertiary alicyclic amines) is 1. The van der Waals surface area contributed by atoms with Crippen molar-refractivity contribution in [2.75, 3.05) is 40.9 Å². The van der Waals surface area contributed by atoms with Crippen molar-refractivity contribution in [3.05, 3.63) is 71.9 Å². The van der Waals surface area contributed by atoms with Crippen LogP contribution in [0.15, 0.2) is 60.8 Å². The molecule has 1 aliphatic rings. The van der Waals surface area contributed by atoms with Gasteiger partial charge in [0.2, 0.25) is 0 Å². The number of hydrogen-bond donors (Lipinski definition) is 1. The van der Waals surface area contributed by atoms with Gasteiger partial charge in [-0.15, -0.1) is 0 Å². The predicted octanol–water partition coefficient (Wildman–Crippen LogP) is 3.81. The van der Waals surface area contributed by atoms with Crippen LogP contribution < -0.4 is 14.2 Å². The molecule has 3 aromatic carbocycles. The molecule has 0 aliphatic carbocycles. The molecule has 0 saturated carbocycles. The van der Waals surface area contributed by atoms with Crippen molar-refractivity contribution in [2.45, 2.75) is 12.5 Å².